The van der Waals surface area contributed by atoms with Gasteiger partial charge in [0.25, 0.3) is 11.8 Å². The molecule has 0 saturated heterocycles. The number of amides is 2. The Balaban J connectivity index is 2.43. The van der Waals surface area contributed by atoms with E-state index < -0.39 is 0 Å². The molecule has 14 heavy (non-hydrogen) atoms. The predicted molar refractivity (Wildman–Crippen MR) is 51.6 cm³/mol. The van der Waals surface area contributed by atoms with Crippen LogP contribution in [0.25, 0.3) is 0 Å². The Morgan fingerprint density at radius 2 is 2.00 bits per heavy atom. The van der Waals surface area contributed by atoms with Crippen LogP contribution in [0.5, 0.6) is 0 Å². The van der Waals surface area contributed by atoms with Crippen molar-refractivity contribution in [3.8, 4) is 0 Å². The molecule has 1 N–H and O–H groups in total. The van der Waals surface area contributed by atoms with Crippen LogP contribution >= 0.6 is 0 Å². The Morgan fingerprint density at radius 3 is 2.50 bits per heavy atom. The smallest absolute Gasteiger partial charge is 0.256 e. The molecule has 0 fully saturated rings. The maximum Gasteiger partial charge on any atom is 0.256 e. The highest BCUT2D eigenvalue weighted by Crippen LogP contribution is 2.11. The van der Waals surface area contributed by atoms with Gasteiger partial charge < -0.3 is 4.74 Å². The number of carbonyl (C=O) groups is 2. The van der Waals surface area contributed by atoms with Gasteiger partial charge in [-0.15, -0.1) is 0 Å². The molecule has 1 heterocycles. The molecule has 0 saturated carbocycles. The monoisotopic (exact) mass is 197 g/mol. The van der Waals surface area contributed by atoms with Gasteiger partial charge in [0.05, 0.1) is 12.2 Å². The molecule has 1 rings (SSSR count). The van der Waals surface area contributed by atoms with Crippen LogP contribution in [0.2, 0.25) is 0 Å². The molecule has 1 aliphatic rings. The van der Waals surface area contributed by atoms with Gasteiger partial charge in [-0.1, -0.05) is 13.3 Å². The molecule has 0 atom stereocenters. The second-order valence-corrected chi connectivity index (χ2v) is 3.29. The standard InChI is InChI=1S/C10H15NO3/c1-3-4-5-14-6-8-7(2)9(12)11-10(8)13/h3-6H2,1-2H3,(H,11,12,13). The first-order chi connectivity index (χ1) is 6.66. The molecule has 78 valence electrons. The molecule has 0 aromatic carbocycles. The molecule has 0 unspecified atom stereocenters. The van der Waals surface area contributed by atoms with Crippen molar-refractivity contribution in [2.24, 2.45) is 0 Å². The lowest BCUT2D eigenvalue weighted by Crippen LogP contribution is -2.23. The van der Waals surface area contributed by atoms with Crippen LogP contribution in [-0.2, 0) is 14.3 Å². The number of carbonyl (C=O) groups excluding carboxylic acids is 2. The number of rotatable bonds is 5. The van der Waals surface area contributed by atoms with E-state index in [0.717, 1.165) is 12.8 Å². The summed E-state index contributed by atoms with van der Waals surface area (Å²) in [5, 5.41) is 2.23. The minimum absolute atomic E-state index is 0.239. The summed E-state index contributed by atoms with van der Waals surface area (Å²) in [6.45, 7) is 4.58. The Kier molecular flexibility index (Phi) is 3.83. The molecule has 1 aliphatic heterocycles. The van der Waals surface area contributed by atoms with Gasteiger partial charge in [0.1, 0.15) is 0 Å². The van der Waals surface area contributed by atoms with Crippen molar-refractivity contribution >= 4 is 11.8 Å². The van der Waals surface area contributed by atoms with Crippen LogP contribution in [0, 0.1) is 0 Å². The lowest BCUT2D eigenvalue weighted by Gasteiger charge is -2.02. The van der Waals surface area contributed by atoms with Crippen molar-refractivity contribution in [1.29, 1.82) is 0 Å². The lowest BCUT2D eigenvalue weighted by atomic mass is 10.2. The fourth-order valence-electron chi connectivity index (χ4n) is 1.17. The van der Waals surface area contributed by atoms with E-state index in [1.54, 1.807) is 6.92 Å². The van der Waals surface area contributed by atoms with E-state index in [1.165, 1.54) is 0 Å². The van der Waals surface area contributed by atoms with E-state index in [0.29, 0.717) is 17.8 Å². The Labute approximate surface area is 83.3 Å². The summed E-state index contributed by atoms with van der Waals surface area (Å²) in [6.07, 6.45) is 2.03. The van der Waals surface area contributed by atoms with Crippen LogP contribution in [0.3, 0.4) is 0 Å². The molecule has 0 aromatic rings. The Morgan fingerprint density at radius 1 is 1.29 bits per heavy atom. The summed E-state index contributed by atoms with van der Waals surface area (Å²) in [4.78, 5) is 22.2. The highest BCUT2D eigenvalue weighted by Gasteiger charge is 2.26. The van der Waals surface area contributed by atoms with Crippen LogP contribution in [0.4, 0.5) is 0 Å². The van der Waals surface area contributed by atoms with E-state index >= 15 is 0 Å². The third-order valence-corrected chi connectivity index (χ3v) is 2.18. The van der Waals surface area contributed by atoms with Gasteiger partial charge in [-0.25, -0.2) is 0 Å². The first kappa shape index (κ1) is 10.9. The lowest BCUT2D eigenvalue weighted by molar-refractivity contribution is -0.124. The first-order valence-corrected chi connectivity index (χ1v) is 4.80. The van der Waals surface area contributed by atoms with E-state index in [4.69, 9.17) is 4.74 Å². The highest BCUT2D eigenvalue weighted by molar-refractivity contribution is 6.19. The zero-order valence-electron chi connectivity index (χ0n) is 8.55. The second-order valence-electron chi connectivity index (χ2n) is 3.29. The molecule has 0 aliphatic carbocycles. The number of imide groups is 1. The van der Waals surface area contributed by atoms with Gasteiger partial charge in [-0.05, 0) is 13.3 Å². The summed E-state index contributed by atoms with van der Waals surface area (Å²) < 4.78 is 5.28. The number of nitrogens with one attached hydrogen (secondary N) is 1. The summed E-state index contributed by atoms with van der Waals surface area (Å²) in [5.74, 6) is -0.618. The first-order valence-electron chi connectivity index (χ1n) is 4.80. The van der Waals surface area contributed by atoms with Crippen LogP contribution in [0.1, 0.15) is 26.7 Å². The fourth-order valence-corrected chi connectivity index (χ4v) is 1.17. The molecule has 0 radical (unpaired) electrons. The van der Waals surface area contributed by atoms with E-state index in [1.807, 2.05) is 0 Å². The third-order valence-electron chi connectivity index (χ3n) is 2.18. The fraction of sp³-hybridized carbons (Fsp3) is 0.600. The summed E-state index contributed by atoms with van der Waals surface area (Å²) in [7, 11) is 0. The molecule has 2 amide bonds. The van der Waals surface area contributed by atoms with Gasteiger partial charge in [0.15, 0.2) is 0 Å². The zero-order chi connectivity index (χ0) is 10.6. The zero-order valence-corrected chi connectivity index (χ0v) is 8.55. The molecule has 4 nitrogen and oxygen atoms in total. The largest absolute Gasteiger partial charge is 0.377 e. The van der Waals surface area contributed by atoms with E-state index in [9.17, 15) is 9.59 Å². The second kappa shape index (κ2) is 4.91. The van der Waals surface area contributed by atoms with Crippen molar-refractivity contribution in [3.63, 3.8) is 0 Å². The minimum atomic E-state index is -0.316. The van der Waals surface area contributed by atoms with Gasteiger partial charge in [-0.3, -0.25) is 14.9 Å². The molecule has 0 bridgehead atoms. The molecular formula is C10H15NO3. The quantitative estimate of drug-likeness (QED) is 0.523. The minimum Gasteiger partial charge on any atom is -0.377 e. The van der Waals surface area contributed by atoms with Gasteiger partial charge >= 0.3 is 0 Å². The average molecular weight is 197 g/mol. The Hall–Kier alpha value is -1.16. The molecule has 0 aromatic heterocycles. The predicted octanol–water partition coefficient (Wildman–Crippen LogP) is 0.776. The highest BCUT2D eigenvalue weighted by atomic mass is 16.5. The summed E-state index contributed by atoms with van der Waals surface area (Å²) in [5.41, 5.74) is 0.942. The number of hydrogen-bond acceptors (Lipinski definition) is 3. The SMILES string of the molecule is CCCCOCC1=C(C)C(=O)NC1=O. The van der Waals surface area contributed by atoms with Crippen molar-refractivity contribution in [1.82, 2.24) is 5.32 Å². The molecule has 4 heteroatoms. The Bertz CT molecular complexity index is 281. The molecular weight excluding hydrogens is 182 g/mol. The summed E-state index contributed by atoms with van der Waals surface area (Å²) in [6, 6.07) is 0. The average Bonchev–Trinajstić information content (AvgIpc) is 2.38. The van der Waals surface area contributed by atoms with Crippen molar-refractivity contribution in [3.05, 3.63) is 11.1 Å². The van der Waals surface area contributed by atoms with Crippen LogP contribution in [0.15, 0.2) is 11.1 Å². The number of unbranched alkanes of at least 4 members (excludes halogenated alkanes) is 1. The van der Waals surface area contributed by atoms with Crippen LogP contribution < -0.4 is 5.32 Å². The van der Waals surface area contributed by atoms with Crippen molar-refractivity contribution in [2.75, 3.05) is 13.2 Å². The maximum atomic E-state index is 11.2. The number of ether oxygens (including phenoxy) is 1. The van der Waals surface area contributed by atoms with E-state index in [-0.39, 0.29) is 18.4 Å². The van der Waals surface area contributed by atoms with Gasteiger partial charge in [0.2, 0.25) is 0 Å². The van der Waals surface area contributed by atoms with E-state index in [2.05, 4.69) is 12.2 Å². The van der Waals surface area contributed by atoms with Crippen molar-refractivity contribution in [2.45, 2.75) is 26.7 Å². The summed E-state index contributed by atoms with van der Waals surface area (Å²) >= 11 is 0. The number of hydrogen-bond donors (Lipinski definition) is 1. The van der Waals surface area contributed by atoms with Gasteiger partial charge in [0, 0.05) is 12.2 Å². The third kappa shape index (κ3) is 2.42. The van der Waals surface area contributed by atoms with Crippen molar-refractivity contribution < 1.29 is 14.3 Å². The van der Waals surface area contributed by atoms with Crippen LogP contribution in [-0.4, -0.2) is 25.0 Å². The normalized spacial score (nSPS) is 16.4. The van der Waals surface area contributed by atoms with Gasteiger partial charge in [-0.2, -0.15) is 0 Å². The molecule has 0 spiro atoms. The topological polar surface area (TPSA) is 55.4 Å². The maximum absolute atomic E-state index is 11.2.